The van der Waals surface area contributed by atoms with Gasteiger partial charge in [-0.15, -0.1) is 0 Å². The van der Waals surface area contributed by atoms with E-state index in [1.807, 2.05) is 18.9 Å². The molecule has 4 heteroatoms. The minimum absolute atomic E-state index is 0.0578. The standard InChI is InChI=1S/C12H22N2O2/c1-3-7-13-12(16)9-14(2)10-5-4-6-11(15)8-10/h10H,3-9H2,1-2H3,(H,13,16). The predicted octanol–water partition coefficient (Wildman–Crippen LogP) is 0.956. The van der Waals surface area contributed by atoms with E-state index in [1.54, 1.807) is 0 Å². The molecule has 0 aromatic carbocycles. The van der Waals surface area contributed by atoms with Crippen LogP contribution in [0.3, 0.4) is 0 Å². The number of likely N-dealkylation sites (N-methyl/N-ethyl adjacent to an activating group) is 1. The van der Waals surface area contributed by atoms with Crippen LogP contribution in [0.15, 0.2) is 0 Å². The van der Waals surface area contributed by atoms with E-state index in [1.165, 1.54) is 0 Å². The minimum Gasteiger partial charge on any atom is -0.355 e. The highest BCUT2D eigenvalue weighted by Crippen LogP contribution is 2.18. The smallest absolute Gasteiger partial charge is 0.234 e. The summed E-state index contributed by atoms with van der Waals surface area (Å²) >= 11 is 0. The van der Waals surface area contributed by atoms with Gasteiger partial charge in [0.25, 0.3) is 0 Å². The van der Waals surface area contributed by atoms with Gasteiger partial charge in [-0.1, -0.05) is 6.92 Å². The van der Waals surface area contributed by atoms with Crippen molar-refractivity contribution < 1.29 is 9.59 Å². The number of hydrogen-bond donors (Lipinski definition) is 1. The van der Waals surface area contributed by atoms with Crippen molar-refractivity contribution in [1.29, 1.82) is 0 Å². The highest BCUT2D eigenvalue weighted by atomic mass is 16.2. The number of Topliss-reactive ketones (excluding diaryl/α,β-unsaturated/α-hetero) is 1. The molecule has 0 aromatic heterocycles. The van der Waals surface area contributed by atoms with E-state index in [-0.39, 0.29) is 11.9 Å². The molecule has 1 unspecified atom stereocenters. The zero-order valence-corrected chi connectivity index (χ0v) is 10.3. The molecule has 0 radical (unpaired) electrons. The largest absolute Gasteiger partial charge is 0.355 e. The number of carbonyl (C=O) groups is 2. The summed E-state index contributed by atoms with van der Waals surface area (Å²) in [6.45, 7) is 3.16. The quantitative estimate of drug-likeness (QED) is 0.759. The average Bonchev–Trinajstić information content (AvgIpc) is 2.26. The van der Waals surface area contributed by atoms with Crippen LogP contribution < -0.4 is 5.32 Å². The molecule has 4 nitrogen and oxygen atoms in total. The Morgan fingerprint density at radius 1 is 1.56 bits per heavy atom. The molecule has 92 valence electrons. The van der Waals surface area contributed by atoms with E-state index in [0.717, 1.165) is 25.8 Å². The number of nitrogens with zero attached hydrogens (tertiary/aromatic N) is 1. The maximum absolute atomic E-state index is 11.5. The van der Waals surface area contributed by atoms with E-state index >= 15 is 0 Å². The van der Waals surface area contributed by atoms with Gasteiger partial charge in [0.05, 0.1) is 6.54 Å². The molecule has 1 fully saturated rings. The second kappa shape index (κ2) is 6.63. The van der Waals surface area contributed by atoms with Gasteiger partial charge in [-0.2, -0.15) is 0 Å². The number of rotatable bonds is 5. The Morgan fingerprint density at radius 2 is 2.31 bits per heavy atom. The predicted molar refractivity (Wildman–Crippen MR) is 63.2 cm³/mol. The second-order valence-corrected chi connectivity index (χ2v) is 4.55. The highest BCUT2D eigenvalue weighted by Gasteiger charge is 2.23. The van der Waals surface area contributed by atoms with Crippen LogP contribution in [-0.2, 0) is 9.59 Å². The van der Waals surface area contributed by atoms with Gasteiger partial charge >= 0.3 is 0 Å². The molecule has 1 aliphatic rings. The summed E-state index contributed by atoms with van der Waals surface area (Å²) in [6, 6.07) is 0.258. The summed E-state index contributed by atoms with van der Waals surface area (Å²) in [6.07, 6.45) is 4.27. The van der Waals surface area contributed by atoms with Gasteiger partial charge in [0, 0.05) is 25.4 Å². The third-order valence-corrected chi connectivity index (χ3v) is 3.04. The number of carbonyl (C=O) groups excluding carboxylic acids is 2. The zero-order valence-electron chi connectivity index (χ0n) is 10.3. The molecule has 16 heavy (non-hydrogen) atoms. The van der Waals surface area contributed by atoms with Crippen molar-refractivity contribution in [3.8, 4) is 0 Å². The molecule has 1 rings (SSSR count). The van der Waals surface area contributed by atoms with Crippen LogP contribution in [0, 0.1) is 0 Å². The van der Waals surface area contributed by atoms with Crippen LogP contribution >= 0.6 is 0 Å². The third-order valence-electron chi connectivity index (χ3n) is 3.04. The Morgan fingerprint density at radius 3 is 2.94 bits per heavy atom. The molecule has 0 heterocycles. The van der Waals surface area contributed by atoms with Crippen LogP contribution in [0.25, 0.3) is 0 Å². The molecule has 1 N–H and O–H groups in total. The van der Waals surface area contributed by atoms with Crippen molar-refractivity contribution >= 4 is 11.7 Å². The topological polar surface area (TPSA) is 49.4 Å². The van der Waals surface area contributed by atoms with Crippen molar-refractivity contribution in [3.63, 3.8) is 0 Å². The zero-order chi connectivity index (χ0) is 12.0. The van der Waals surface area contributed by atoms with Gasteiger partial charge in [0.15, 0.2) is 0 Å². The van der Waals surface area contributed by atoms with Crippen molar-refractivity contribution in [1.82, 2.24) is 10.2 Å². The fourth-order valence-corrected chi connectivity index (χ4v) is 2.05. The van der Waals surface area contributed by atoms with Gasteiger partial charge in [0.2, 0.25) is 5.91 Å². The molecule has 1 amide bonds. The number of hydrogen-bond acceptors (Lipinski definition) is 3. The van der Waals surface area contributed by atoms with Crippen molar-refractivity contribution in [2.45, 2.75) is 45.1 Å². The van der Waals surface area contributed by atoms with Crippen molar-refractivity contribution in [2.24, 2.45) is 0 Å². The van der Waals surface area contributed by atoms with E-state index in [2.05, 4.69) is 5.32 Å². The van der Waals surface area contributed by atoms with Crippen LogP contribution in [0.4, 0.5) is 0 Å². The summed E-state index contributed by atoms with van der Waals surface area (Å²) in [5, 5.41) is 2.85. The van der Waals surface area contributed by atoms with Crippen LogP contribution in [0.1, 0.15) is 39.0 Å². The normalized spacial score (nSPS) is 21.2. The van der Waals surface area contributed by atoms with Crippen LogP contribution in [0.2, 0.25) is 0 Å². The van der Waals surface area contributed by atoms with Gasteiger partial charge in [-0.25, -0.2) is 0 Å². The third kappa shape index (κ3) is 4.31. The summed E-state index contributed by atoms with van der Waals surface area (Å²) < 4.78 is 0. The first kappa shape index (κ1) is 13.2. The van der Waals surface area contributed by atoms with E-state index < -0.39 is 0 Å². The molecule has 0 aromatic rings. The first-order valence-corrected chi connectivity index (χ1v) is 6.12. The molecule has 1 atom stereocenters. The highest BCUT2D eigenvalue weighted by molar-refractivity contribution is 5.80. The number of nitrogens with one attached hydrogen (secondary N) is 1. The number of ketones is 1. The van der Waals surface area contributed by atoms with Gasteiger partial charge in [-0.05, 0) is 26.3 Å². The Kier molecular flexibility index (Phi) is 5.46. The summed E-state index contributed by atoms with van der Waals surface area (Å²) in [5.41, 5.74) is 0. The molecule has 1 aliphatic carbocycles. The van der Waals surface area contributed by atoms with E-state index in [0.29, 0.717) is 25.2 Å². The first-order chi connectivity index (χ1) is 7.63. The van der Waals surface area contributed by atoms with E-state index in [9.17, 15) is 9.59 Å². The Balaban J connectivity index is 2.30. The fraction of sp³-hybridized carbons (Fsp3) is 0.833. The SMILES string of the molecule is CCCNC(=O)CN(C)C1CCCC(=O)C1. The molecule has 0 saturated heterocycles. The first-order valence-electron chi connectivity index (χ1n) is 6.12. The lowest BCUT2D eigenvalue weighted by Gasteiger charge is -2.29. The van der Waals surface area contributed by atoms with Crippen LogP contribution in [-0.4, -0.2) is 42.8 Å². The summed E-state index contributed by atoms with van der Waals surface area (Å²) in [7, 11) is 1.93. The molecule has 0 aliphatic heterocycles. The molecular formula is C12H22N2O2. The van der Waals surface area contributed by atoms with Crippen molar-refractivity contribution in [2.75, 3.05) is 20.1 Å². The molecule has 0 bridgehead atoms. The van der Waals surface area contributed by atoms with Crippen LogP contribution in [0.5, 0.6) is 0 Å². The maximum Gasteiger partial charge on any atom is 0.234 e. The maximum atomic E-state index is 11.5. The average molecular weight is 226 g/mol. The lowest BCUT2D eigenvalue weighted by atomic mass is 9.93. The second-order valence-electron chi connectivity index (χ2n) is 4.55. The van der Waals surface area contributed by atoms with Crippen molar-refractivity contribution in [3.05, 3.63) is 0 Å². The Bertz CT molecular complexity index is 253. The molecular weight excluding hydrogens is 204 g/mol. The Labute approximate surface area is 97.4 Å². The Hall–Kier alpha value is -0.900. The molecule has 0 spiro atoms. The molecule has 1 saturated carbocycles. The van der Waals surface area contributed by atoms with Gasteiger partial charge in [0.1, 0.15) is 5.78 Å². The minimum atomic E-state index is 0.0578. The number of amides is 1. The lowest BCUT2D eigenvalue weighted by molar-refractivity contribution is -0.125. The summed E-state index contributed by atoms with van der Waals surface area (Å²) in [5.74, 6) is 0.388. The lowest BCUT2D eigenvalue weighted by Crippen LogP contribution is -2.42. The van der Waals surface area contributed by atoms with Gasteiger partial charge in [-0.3, -0.25) is 14.5 Å². The summed E-state index contributed by atoms with van der Waals surface area (Å²) in [4.78, 5) is 24.8. The monoisotopic (exact) mass is 226 g/mol. The van der Waals surface area contributed by atoms with Gasteiger partial charge < -0.3 is 5.32 Å². The van der Waals surface area contributed by atoms with E-state index in [4.69, 9.17) is 0 Å². The fourth-order valence-electron chi connectivity index (χ4n) is 2.05.